The van der Waals surface area contributed by atoms with Crippen LogP contribution in [0.1, 0.15) is 18.6 Å². The first-order chi connectivity index (χ1) is 16.5. The average molecular weight is 508 g/mol. The van der Waals surface area contributed by atoms with E-state index in [1.165, 1.54) is 19.1 Å². The Hall–Kier alpha value is -3.44. The van der Waals surface area contributed by atoms with Crippen LogP contribution in [0.15, 0.2) is 79.0 Å². The molecule has 0 radical (unpaired) electrons. The second-order valence-corrected chi connectivity index (χ2v) is 9.74. The lowest BCUT2D eigenvalue weighted by atomic mass is 10.0. The minimum Gasteiger partial charge on any atom is -0.484 e. The number of nitrogens with zero attached hydrogens (tertiary/aromatic N) is 2. The molecule has 0 spiro atoms. The summed E-state index contributed by atoms with van der Waals surface area (Å²) in [6.07, 6.45) is -4.19. The molecule has 35 heavy (non-hydrogen) atoms. The van der Waals surface area contributed by atoms with Crippen LogP contribution in [-0.2, 0) is 10.0 Å². The van der Waals surface area contributed by atoms with Gasteiger partial charge in [0, 0.05) is 5.39 Å². The molecule has 11 heteroatoms. The Bertz CT molecular complexity index is 1410. The van der Waals surface area contributed by atoms with Crippen LogP contribution in [0.25, 0.3) is 16.6 Å². The van der Waals surface area contributed by atoms with Gasteiger partial charge >= 0.3 is 6.18 Å². The summed E-state index contributed by atoms with van der Waals surface area (Å²) in [4.78, 5) is 0. The maximum atomic E-state index is 13.3. The summed E-state index contributed by atoms with van der Waals surface area (Å²) in [5, 5.41) is 5.03. The number of hydrogen-bond donors (Lipinski definition) is 1. The monoisotopic (exact) mass is 507 g/mol. The highest BCUT2D eigenvalue weighted by Gasteiger charge is 2.37. The molecule has 0 amide bonds. The molecule has 0 saturated carbocycles. The number of fused-ring (bicyclic) bond motifs is 1. The van der Waals surface area contributed by atoms with Crippen molar-refractivity contribution in [1.29, 1.82) is 0 Å². The van der Waals surface area contributed by atoms with Gasteiger partial charge in [0.2, 0.25) is 10.0 Å². The van der Waals surface area contributed by atoms with Gasteiger partial charge in [0.1, 0.15) is 17.7 Å². The highest BCUT2D eigenvalue weighted by molar-refractivity contribution is 7.89. The molecule has 2 atom stereocenters. The number of hydrogen-bond acceptors (Lipinski definition) is 4. The van der Waals surface area contributed by atoms with Crippen LogP contribution in [-0.4, -0.2) is 36.2 Å². The van der Waals surface area contributed by atoms with Crippen LogP contribution in [0.3, 0.4) is 0 Å². The van der Waals surface area contributed by atoms with Crippen molar-refractivity contribution in [3.05, 3.63) is 90.4 Å². The van der Waals surface area contributed by atoms with Crippen molar-refractivity contribution in [3.63, 3.8) is 0 Å². The van der Waals surface area contributed by atoms with Crippen molar-refractivity contribution in [1.82, 2.24) is 14.5 Å². The zero-order valence-corrected chi connectivity index (χ0v) is 19.2. The van der Waals surface area contributed by atoms with Crippen LogP contribution >= 0.6 is 0 Å². The van der Waals surface area contributed by atoms with Gasteiger partial charge in [-0.2, -0.15) is 18.3 Å². The largest absolute Gasteiger partial charge is 0.484 e. The van der Waals surface area contributed by atoms with Crippen LogP contribution in [0.2, 0.25) is 0 Å². The maximum Gasteiger partial charge on any atom is 0.404 e. The Morgan fingerprint density at radius 3 is 2.37 bits per heavy atom. The van der Waals surface area contributed by atoms with Gasteiger partial charge in [0.05, 0.1) is 23.4 Å². The van der Waals surface area contributed by atoms with Crippen LogP contribution in [0.4, 0.5) is 17.6 Å². The van der Waals surface area contributed by atoms with Gasteiger partial charge in [-0.15, -0.1) is 0 Å². The minimum absolute atomic E-state index is 0.367. The number of aromatic nitrogens is 2. The number of benzene rings is 3. The second kappa shape index (κ2) is 9.67. The lowest BCUT2D eigenvalue weighted by Gasteiger charge is -2.26. The second-order valence-electron chi connectivity index (χ2n) is 7.98. The van der Waals surface area contributed by atoms with Crippen molar-refractivity contribution in [2.75, 3.05) is 5.75 Å². The van der Waals surface area contributed by atoms with Crippen molar-refractivity contribution in [2.45, 2.75) is 25.2 Å². The zero-order chi connectivity index (χ0) is 25.2. The Balaban J connectivity index is 1.62. The highest BCUT2D eigenvalue weighted by Crippen LogP contribution is 2.29. The van der Waals surface area contributed by atoms with E-state index in [0.717, 1.165) is 5.52 Å². The summed E-state index contributed by atoms with van der Waals surface area (Å²) >= 11 is 0. The van der Waals surface area contributed by atoms with E-state index in [4.69, 9.17) is 4.74 Å². The predicted molar refractivity (Wildman–Crippen MR) is 123 cm³/mol. The standard InChI is InChI=1S/C24H21F4N3O3S/c1-16(30-35(32,33)15-24(26,27)28)23(17-5-3-2-4-6-17)34-21-11-12-22-18(13-21)14-29-31(22)20-9-7-19(25)8-10-20/h2-14,16,23,30H,15H2,1H3. The Morgan fingerprint density at radius 1 is 1.03 bits per heavy atom. The predicted octanol–water partition coefficient (Wildman–Crippen LogP) is 5.15. The normalized spacial score (nSPS) is 14.1. The molecule has 3 aromatic carbocycles. The third-order valence-corrected chi connectivity index (χ3v) is 6.61. The lowest BCUT2D eigenvalue weighted by molar-refractivity contribution is -0.106. The molecule has 6 nitrogen and oxygen atoms in total. The van der Waals surface area contributed by atoms with Gasteiger partial charge in [-0.3, -0.25) is 0 Å². The molecule has 0 saturated heterocycles. The molecule has 1 N–H and O–H groups in total. The first-order valence-corrected chi connectivity index (χ1v) is 12.2. The molecule has 0 aliphatic carbocycles. The molecular formula is C24H21F4N3O3S. The van der Waals surface area contributed by atoms with E-state index in [9.17, 15) is 26.0 Å². The fourth-order valence-corrected chi connectivity index (χ4v) is 4.93. The van der Waals surface area contributed by atoms with E-state index in [2.05, 4.69) is 9.82 Å². The zero-order valence-electron chi connectivity index (χ0n) is 18.4. The number of ether oxygens (including phenoxy) is 1. The average Bonchev–Trinajstić information content (AvgIpc) is 3.20. The Kier molecular flexibility index (Phi) is 6.82. The number of halogens is 4. The van der Waals surface area contributed by atoms with Crippen molar-refractivity contribution >= 4 is 20.9 Å². The molecule has 0 bridgehead atoms. The van der Waals surface area contributed by atoms with E-state index in [-0.39, 0.29) is 5.82 Å². The molecule has 0 aliphatic heterocycles. The van der Waals surface area contributed by atoms with Crippen molar-refractivity contribution < 1.29 is 30.7 Å². The topological polar surface area (TPSA) is 73.2 Å². The highest BCUT2D eigenvalue weighted by atomic mass is 32.2. The Labute approximate surface area is 199 Å². The number of nitrogens with one attached hydrogen (secondary N) is 1. The third-order valence-electron chi connectivity index (χ3n) is 5.18. The van der Waals surface area contributed by atoms with Crippen molar-refractivity contribution in [3.8, 4) is 11.4 Å². The smallest absolute Gasteiger partial charge is 0.404 e. The Morgan fingerprint density at radius 2 is 1.71 bits per heavy atom. The molecule has 0 aliphatic rings. The van der Waals surface area contributed by atoms with Gasteiger partial charge < -0.3 is 4.74 Å². The quantitative estimate of drug-likeness (QED) is 0.335. The molecule has 1 aromatic heterocycles. The molecule has 2 unspecified atom stereocenters. The molecular weight excluding hydrogens is 486 g/mol. The lowest BCUT2D eigenvalue weighted by Crippen LogP contribution is -2.42. The minimum atomic E-state index is -4.87. The SMILES string of the molecule is CC(NS(=O)(=O)CC(F)(F)F)C(Oc1ccc2c(cnn2-c2ccc(F)cc2)c1)c1ccccc1. The molecule has 0 fully saturated rings. The molecule has 1 heterocycles. The molecule has 184 valence electrons. The molecule has 4 rings (SSSR count). The van der Waals surface area contributed by atoms with Crippen molar-refractivity contribution in [2.24, 2.45) is 0 Å². The van der Waals surface area contributed by atoms with E-state index >= 15 is 0 Å². The van der Waals surface area contributed by atoms with Gasteiger partial charge in [-0.05, 0) is 55.0 Å². The van der Waals surface area contributed by atoms with Crippen LogP contribution in [0, 0.1) is 5.82 Å². The van der Waals surface area contributed by atoms with Crippen LogP contribution < -0.4 is 9.46 Å². The number of alkyl halides is 3. The maximum absolute atomic E-state index is 13.3. The van der Waals surface area contributed by atoms with Gasteiger partial charge in [0.25, 0.3) is 0 Å². The molecule has 4 aromatic rings. The summed E-state index contributed by atoms with van der Waals surface area (Å²) in [5.74, 6) is -1.99. The summed E-state index contributed by atoms with van der Waals surface area (Å²) in [5.41, 5.74) is 1.96. The van der Waals surface area contributed by atoms with E-state index < -0.39 is 34.1 Å². The van der Waals surface area contributed by atoms with Crippen LogP contribution in [0.5, 0.6) is 5.75 Å². The van der Waals surface area contributed by atoms with E-state index in [1.807, 2.05) is 0 Å². The fraction of sp³-hybridized carbons (Fsp3) is 0.208. The first-order valence-electron chi connectivity index (χ1n) is 10.5. The fourth-order valence-electron chi connectivity index (χ4n) is 3.72. The van der Waals surface area contributed by atoms with Gasteiger partial charge in [-0.1, -0.05) is 30.3 Å². The number of sulfonamides is 1. The number of rotatable bonds is 8. The van der Waals surface area contributed by atoms with Gasteiger partial charge in [-0.25, -0.2) is 22.2 Å². The summed E-state index contributed by atoms with van der Waals surface area (Å²) in [6, 6.07) is 18.5. The van der Waals surface area contributed by atoms with E-state index in [1.54, 1.807) is 71.5 Å². The summed E-state index contributed by atoms with van der Waals surface area (Å²) < 4.78 is 85.2. The first kappa shape index (κ1) is 24.7. The summed E-state index contributed by atoms with van der Waals surface area (Å²) in [6.45, 7) is 1.44. The van der Waals surface area contributed by atoms with Gasteiger partial charge in [0.15, 0.2) is 5.75 Å². The summed E-state index contributed by atoms with van der Waals surface area (Å²) in [7, 11) is -4.64. The third kappa shape index (κ3) is 6.17. The van der Waals surface area contributed by atoms with E-state index in [0.29, 0.717) is 22.4 Å².